The zero-order chi connectivity index (χ0) is 39.3. The molecule has 0 spiro atoms. The van der Waals surface area contributed by atoms with Crippen molar-refractivity contribution in [3.8, 4) is 0 Å². The van der Waals surface area contributed by atoms with Gasteiger partial charge in [0, 0.05) is 6.42 Å². The van der Waals surface area contributed by atoms with E-state index in [-0.39, 0.29) is 12.5 Å². The van der Waals surface area contributed by atoms with Gasteiger partial charge in [0.05, 0.1) is 18.8 Å². The summed E-state index contributed by atoms with van der Waals surface area (Å²) in [7, 11) is 0. The number of hydrogen-bond donors (Lipinski definition) is 3. The van der Waals surface area contributed by atoms with E-state index in [4.69, 9.17) is 0 Å². The second kappa shape index (κ2) is 45.7. The average molecular weight is 756 g/mol. The van der Waals surface area contributed by atoms with Gasteiger partial charge in [-0.2, -0.15) is 0 Å². The Morgan fingerprint density at radius 3 is 1.19 bits per heavy atom. The lowest BCUT2D eigenvalue weighted by molar-refractivity contribution is -0.123. The lowest BCUT2D eigenvalue weighted by Crippen LogP contribution is -2.45. The Kier molecular flexibility index (Phi) is 44.3. The molecule has 3 N–H and O–H groups in total. The first kappa shape index (κ1) is 52.3. The summed E-state index contributed by atoms with van der Waals surface area (Å²) >= 11 is 0. The highest BCUT2D eigenvalue weighted by atomic mass is 16.3. The molecule has 0 aromatic rings. The van der Waals surface area contributed by atoms with E-state index >= 15 is 0 Å². The third kappa shape index (κ3) is 41.5. The molecule has 0 rings (SSSR count). The van der Waals surface area contributed by atoms with Crippen molar-refractivity contribution in [3.63, 3.8) is 0 Å². The molecule has 0 heterocycles. The van der Waals surface area contributed by atoms with Crippen LogP contribution in [0.4, 0.5) is 0 Å². The van der Waals surface area contributed by atoms with Crippen LogP contribution in [-0.4, -0.2) is 34.9 Å². The second-order valence-electron chi connectivity index (χ2n) is 16.2. The van der Waals surface area contributed by atoms with E-state index in [0.717, 1.165) is 57.8 Å². The lowest BCUT2D eigenvalue weighted by atomic mass is 10.0. The highest BCUT2D eigenvalue weighted by molar-refractivity contribution is 5.76. The van der Waals surface area contributed by atoms with Gasteiger partial charge in [-0.15, -0.1) is 0 Å². The van der Waals surface area contributed by atoms with Crippen LogP contribution in [0.3, 0.4) is 0 Å². The third-order valence-corrected chi connectivity index (χ3v) is 10.9. The van der Waals surface area contributed by atoms with Gasteiger partial charge in [-0.05, 0) is 51.4 Å². The Balaban J connectivity index is 3.49. The predicted molar refractivity (Wildman–Crippen MR) is 239 cm³/mol. The van der Waals surface area contributed by atoms with Crippen LogP contribution in [0.1, 0.15) is 245 Å². The van der Waals surface area contributed by atoms with Crippen LogP contribution in [0.2, 0.25) is 0 Å². The molecule has 0 aliphatic rings. The standard InChI is InChI=1S/C50H93NO3/c1-3-5-7-9-11-13-15-17-19-20-21-22-23-24-25-26-27-28-29-30-32-33-35-37-39-41-43-45-49(53)48(47-52)51-50(54)46-44-42-40-38-36-34-31-18-16-14-12-10-8-6-4-2/h6,8,12,14,18,31,36,38,48-49,52-53H,3-5,7,9-11,13,15-17,19-30,32-35,37,39-47H2,1-2H3,(H,51,54)/b8-6-,14-12-,31-18-,38-36-. The summed E-state index contributed by atoms with van der Waals surface area (Å²) in [6, 6.07) is -0.559. The van der Waals surface area contributed by atoms with Crippen LogP contribution < -0.4 is 5.32 Å². The van der Waals surface area contributed by atoms with Crippen molar-refractivity contribution in [1.82, 2.24) is 5.32 Å². The van der Waals surface area contributed by atoms with Gasteiger partial charge in [-0.1, -0.05) is 236 Å². The van der Waals surface area contributed by atoms with Crippen molar-refractivity contribution >= 4 is 5.91 Å². The summed E-state index contributed by atoms with van der Waals surface area (Å²) in [4.78, 5) is 12.4. The van der Waals surface area contributed by atoms with Crippen LogP contribution in [0.25, 0.3) is 0 Å². The molecule has 0 bridgehead atoms. The van der Waals surface area contributed by atoms with Crippen LogP contribution in [-0.2, 0) is 4.79 Å². The van der Waals surface area contributed by atoms with E-state index in [1.54, 1.807) is 0 Å². The Labute approximate surface area is 337 Å². The molecule has 4 nitrogen and oxygen atoms in total. The first-order valence-electron chi connectivity index (χ1n) is 23.8. The van der Waals surface area contributed by atoms with Crippen LogP contribution in [0, 0.1) is 0 Å². The van der Waals surface area contributed by atoms with Gasteiger partial charge in [0.1, 0.15) is 0 Å². The van der Waals surface area contributed by atoms with Gasteiger partial charge < -0.3 is 15.5 Å². The summed E-state index contributed by atoms with van der Waals surface area (Å²) in [5, 5.41) is 23.2. The van der Waals surface area contributed by atoms with E-state index < -0.39 is 12.1 Å². The molecule has 0 aromatic heterocycles. The molecule has 0 saturated heterocycles. The maximum Gasteiger partial charge on any atom is 0.220 e. The monoisotopic (exact) mass is 756 g/mol. The van der Waals surface area contributed by atoms with Crippen LogP contribution >= 0.6 is 0 Å². The summed E-state index contributed by atoms with van der Waals surface area (Å²) in [6.07, 6.45) is 62.2. The summed E-state index contributed by atoms with van der Waals surface area (Å²) in [5.74, 6) is -0.0709. The average Bonchev–Trinajstić information content (AvgIpc) is 3.18. The third-order valence-electron chi connectivity index (χ3n) is 10.9. The van der Waals surface area contributed by atoms with Crippen molar-refractivity contribution in [2.75, 3.05) is 6.61 Å². The topological polar surface area (TPSA) is 69.6 Å². The quantitative estimate of drug-likeness (QED) is 0.0429. The molecule has 0 radical (unpaired) electrons. The highest BCUT2D eigenvalue weighted by Crippen LogP contribution is 2.17. The van der Waals surface area contributed by atoms with Crippen molar-refractivity contribution in [1.29, 1.82) is 0 Å². The normalized spacial score (nSPS) is 13.3. The van der Waals surface area contributed by atoms with Crippen LogP contribution in [0.5, 0.6) is 0 Å². The molecular formula is C50H93NO3. The van der Waals surface area contributed by atoms with E-state index in [9.17, 15) is 15.0 Å². The number of rotatable bonds is 43. The SMILES string of the molecule is CC/C=C\C/C=C\C/C=C\C/C=C\CCCCC(=O)NC(CO)C(O)CCCCCCCCCCCCCCCCCCCCCCCCCCCCC. The smallest absolute Gasteiger partial charge is 0.220 e. The number of unbranched alkanes of at least 4 members (excludes halogenated alkanes) is 28. The minimum absolute atomic E-state index is 0.0709. The van der Waals surface area contributed by atoms with E-state index in [1.807, 2.05) is 0 Å². The fraction of sp³-hybridized carbons (Fsp3) is 0.820. The molecule has 316 valence electrons. The fourth-order valence-electron chi connectivity index (χ4n) is 7.24. The minimum Gasteiger partial charge on any atom is -0.394 e. The molecule has 0 fully saturated rings. The van der Waals surface area contributed by atoms with Gasteiger partial charge in [0.2, 0.25) is 5.91 Å². The summed E-state index contributed by atoms with van der Waals surface area (Å²) in [6.45, 7) is 4.24. The van der Waals surface area contributed by atoms with Crippen molar-refractivity contribution in [3.05, 3.63) is 48.6 Å². The molecule has 1 amide bonds. The number of carbonyl (C=O) groups is 1. The van der Waals surface area contributed by atoms with Crippen LogP contribution in [0.15, 0.2) is 48.6 Å². The number of allylic oxidation sites excluding steroid dienone is 8. The molecule has 4 heteroatoms. The van der Waals surface area contributed by atoms with Crippen molar-refractivity contribution < 1.29 is 15.0 Å². The number of aliphatic hydroxyl groups excluding tert-OH is 2. The van der Waals surface area contributed by atoms with E-state index in [2.05, 4.69) is 67.8 Å². The fourth-order valence-corrected chi connectivity index (χ4v) is 7.24. The molecule has 54 heavy (non-hydrogen) atoms. The van der Waals surface area contributed by atoms with E-state index in [0.29, 0.717) is 12.8 Å². The molecule has 0 aromatic carbocycles. The summed E-state index contributed by atoms with van der Waals surface area (Å²) in [5.41, 5.74) is 0. The number of aliphatic hydroxyl groups is 2. The first-order valence-corrected chi connectivity index (χ1v) is 23.8. The zero-order valence-electron chi connectivity index (χ0n) is 36.2. The van der Waals surface area contributed by atoms with Crippen molar-refractivity contribution in [2.45, 2.75) is 257 Å². The molecule has 2 atom stereocenters. The lowest BCUT2D eigenvalue weighted by Gasteiger charge is -2.22. The molecule has 0 aliphatic heterocycles. The number of hydrogen-bond acceptors (Lipinski definition) is 3. The van der Waals surface area contributed by atoms with Gasteiger partial charge >= 0.3 is 0 Å². The Bertz CT molecular complexity index is 862. The summed E-state index contributed by atoms with van der Waals surface area (Å²) < 4.78 is 0. The van der Waals surface area contributed by atoms with Gasteiger partial charge in [-0.25, -0.2) is 0 Å². The van der Waals surface area contributed by atoms with Gasteiger partial charge in [-0.3, -0.25) is 4.79 Å². The Hall–Kier alpha value is -1.65. The molecule has 2 unspecified atom stereocenters. The Morgan fingerprint density at radius 2 is 0.815 bits per heavy atom. The number of nitrogens with one attached hydrogen (secondary N) is 1. The van der Waals surface area contributed by atoms with Gasteiger partial charge in [0.25, 0.3) is 0 Å². The minimum atomic E-state index is -0.678. The van der Waals surface area contributed by atoms with E-state index in [1.165, 1.54) is 161 Å². The maximum absolute atomic E-state index is 12.4. The van der Waals surface area contributed by atoms with Gasteiger partial charge in [0.15, 0.2) is 0 Å². The zero-order valence-corrected chi connectivity index (χ0v) is 36.2. The molecule has 0 aliphatic carbocycles. The number of carbonyl (C=O) groups excluding carboxylic acids is 1. The second-order valence-corrected chi connectivity index (χ2v) is 16.2. The molecule has 0 saturated carbocycles. The first-order chi connectivity index (χ1) is 26.7. The highest BCUT2D eigenvalue weighted by Gasteiger charge is 2.19. The Morgan fingerprint density at radius 1 is 0.463 bits per heavy atom. The molecular weight excluding hydrogens is 663 g/mol. The predicted octanol–water partition coefficient (Wildman–Crippen LogP) is 15.1. The van der Waals surface area contributed by atoms with Crippen molar-refractivity contribution in [2.24, 2.45) is 0 Å². The number of amides is 1. The maximum atomic E-state index is 12.4. The largest absolute Gasteiger partial charge is 0.394 e.